The topological polar surface area (TPSA) is 32.3 Å². The van der Waals surface area contributed by atoms with E-state index in [1.807, 2.05) is 0 Å². The van der Waals surface area contributed by atoms with Crippen molar-refractivity contribution >= 4 is 11.3 Å². The largest absolute Gasteiger partial charge is 0.396 e. The third-order valence-corrected chi connectivity index (χ3v) is 3.29. The van der Waals surface area contributed by atoms with Crippen LogP contribution in [0.1, 0.15) is 25.8 Å². The molecule has 86 valence electrons. The highest BCUT2D eigenvalue weighted by Gasteiger charge is 2.06. The lowest BCUT2D eigenvalue weighted by Gasteiger charge is -2.16. The number of aliphatic hydroxyl groups excluding tert-OH is 1. The van der Waals surface area contributed by atoms with Crippen molar-refractivity contribution in [3.05, 3.63) is 22.4 Å². The number of hydrogen-bond acceptors (Lipinski definition) is 3. The highest BCUT2D eigenvalue weighted by molar-refractivity contribution is 7.07. The summed E-state index contributed by atoms with van der Waals surface area (Å²) in [6, 6.07) is 2.70. The first-order chi connectivity index (χ1) is 7.22. The summed E-state index contributed by atoms with van der Waals surface area (Å²) in [5.41, 5.74) is 1.41. The first-order valence-corrected chi connectivity index (χ1v) is 6.52. The molecule has 0 aliphatic rings. The molecule has 0 saturated carbocycles. The van der Waals surface area contributed by atoms with E-state index in [4.69, 9.17) is 5.11 Å². The van der Waals surface area contributed by atoms with Crippen LogP contribution in [0.2, 0.25) is 0 Å². The van der Waals surface area contributed by atoms with Crippen LogP contribution in [0.5, 0.6) is 0 Å². The smallest absolute Gasteiger partial charge is 0.0434 e. The lowest BCUT2D eigenvalue weighted by Crippen LogP contribution is -2.32. The van der Waals surface area contributed by atoms with Gasteiger partial charge in [0.15, 0.2) is 0 Å². The van der Waals surface area contributed by atoms with Crippen molar-refractivity contribution in [3.63, 3.8) is 0 Å². The fourth-order valence-corrected chi connectivity index (χ4v) is 2.24. The molecule has 2 unspecified atom stereocenters. The van der Waals surface area contributed by atoms with Crippen molar-refractivity contribution in [2.24, 2.45) is 5.92 Å². The standard InChI is InChI=1S/C12H21NOS/c1-10(3-5-14)8-13-11(2)7-12-4-6-15-9-12/h4,6,9-11,13-14H,3,5,7-8H2,1-2H3. The second-order valence-corrected chi connectivity index (χ2v) is 5.04. The molecule has 0 spiro atoms. The van der Waals surface area contributed by atoms with E-state index in [1.165, 1.54) is 5.56 Å². The quantitative estimate of drug-likeness (QED) is 0.749. The van der Waals surface area contributed by atoms with Crippen molar-refractivity contribution in [3.8, 4) is 0 Å². The van der Waals surface area contributed by atoms with E-state index in [9.17, 15) is 0 Å². The lowest BCUT2D eigenvalue weighted by atomic mass is 10.1. The SMILES string of the molecule is CC(CCO)CNC(C)Cc1ccsc1. The van der Waals surface area contributed by atoms with Crippen molar-refractivity contribution < 1.29 is 5.11 Å². The first-order valence-electron chi connectivity index (χ1n) is 5.57. The molecule has 2 atom stereocenters. The predicted molar refractivity (Wildman–Crippen MR) is 66.4 cm³/mol. The Bertz CT molecular complexity index is 248. The lowest BCUT2D eigenvalue weighted by molar-refractivity contribution is 0.258. The van der Waals surface area contributed by atoms with E-state index in [0.717, 1.165) is 19.4 Å². The molecular weight excluding hydrogens is 206 g/mol. The van der Waals surface area contributed by atoms with Gasteiger partial charge in [-0.15, -0.1) is 0 Å². The van der Waals surface area contributed by atoms with Gasteiger partial charge in [-0.25, -0.2) is 0 Å². The van der Waals surface area contributed by atoms with Gasteiger partial charge in [-0.1, -0.05) is 6.92 Å². The van der Waals surface area contributed by atoms with E-state index in [2.05, 4.69) is 36.0 Å². The van der Waals surface area contributed by atoms with Crippen LogP contribution in [0.3, 0.4) is 0 Å². The van der Waals surface area contributed by atoms with Gasteiger partial charge in [-0.05, 0) is 54.6 Å². The predicted octanol–water partition coefficient (Wildman–Crippen LogP) is 2.29. The monoisotopic (exact) mass is 227 g/mol. The van der Waals surface area contributed by atoms with Gasteiger partial charge in [-0.3, -0.25) is 0 Å². The molecule has 0 amide bonds. The Morgan fingerprint density at radius 3 is 2.87 bits per heavy atom. The third kappa shape index (κ3) is 5.30. The van der Waals surface area contributed by atoms with Gasteiger partial charge < -0.3 is 10.4 Å². The third-order valence-electron chi connectivity index (χ3n) is 2.56. The number of aliphatic hydroxyl groups is 1. The van der Waals surface area contributed by atoms with Crippen LogP contribution >= 0.6 is 11.3 Å². The normalized spacial score (nSPS) is 15.1. The molecule has 0 bridgehead atoms. The van der Waals surface area contributed by atoms with Gasteiger partial charge in [0.25, 0.3) is 0 Å². The van der Waals surface area contributed by atoms with Crippen molar-refractivity contribution in [2.75, 3.05) is 13.2 Å². The van der Waals surface area contributed by atoms with E-state index in [1.54, 1.807) is 11.3 Å². The molecule has 0 aliphatic carbocycles. The van der Waals surface area contributed by atoms with Crippen LogP contribution in [0, 0.1) is 5.92 Å². The van der Waals surface area contributed by atoms with E-state index in [0.29, 0.717) is 18.6 Å². The molecule has 0 aromatic carbocycles. The van der Waals surface area contributed by atoms with Crippen molar-refractivity contribution in [1.29, 1.82) is 0 Å². The minimum atomic E-state index is 0.293. The number of hydrogen-bond donors (Lipinski definition) is 2. The van der Waals surface area contributed by atoms with Gasteiger partial charge in [0.2, 0.25) is 0 Å². The summed E-state index contributed by atoms with van der Waals surface area (Å²) in [7, 11) is 0. The van der Waals surface area contributed by atoms with Crippen molar-refractivity contribution in [2.45, 2.75) is 32.7 Å². The second kappa shape index (κ2) is 6.99. The summed E-state index contributed by atoms with van der Waals surface area (Å²) in [6.07, 6.45) is 1.98. The zero-order valence-corrected chi connectivity index (χ0v) is 10.4. The Labute approximate surface area is 96.3 Å². The van der Waals surface area contributed by atoms with E-state index >= 15 is 0 Å². The van der Waals surface area contributed by atoms with Crippen LogP contribution in [0.15, 0.2) is 16.8 Å². The maximum atomic E-state index is 8.78. The van der Waals surface area contributed by atoms with Gasteiger partial charge in [0.05, 0.1) is 0 Å². The Morgan fingerprint density at radius 1 is 1.47 bits per heavy atom. The van der Waals surface area contributed by atoms with Gasteiger partial charge in [0, 0.05) is 12.6 Å². The van der Waals surface area contributed by atoms with E-state index < -0.39 is 0 Å². The number of rotatable bonds is 7. The van der Waals surface area contributed by atoms with Gasteiger partial charge >= 0.3 is 0 Å². The summed E-state index contributed by atoms with van der Waals surface area (Å²) in [4.78, 5) is 0. The van der Waals surface area contributed by atoms with Crippen LogP contribution in [0.4, 0.5) is 0 Å². The molecule has 1 aromatic rings. The molecule has 0 aliphatic heterocycles. The first kappa shape index (κ1) is 12.7. The molecule has 2 nitrogen and oxygen atoms in total. The number of nitrogens with one attached hydrogen (secondary N) is 1. The second-order valence-electron chi connectivity index (χ2n) is 4.26. The molecule has 0 radical (unpaired) electrons. The molecule has 1 heterocycles. The minimum Gasteiger partial charge on any atom is -0.396 e. The molecule has 0 saturated heterocycles. The molecule has 1 rings (SSSR count). The number of thiophene rings is 1. The van der Waals surface area contributed by atoms with Crippen LogP contribution in [-0.2, 0) is 6.42 Å². The van der Waals surface area contributed by atoms with Crippen LogP contribution < -0.4 is 5.32 Å². The highest BCUT2D eigenvalue weighted by atomic mass is 32.1. The highest BCUT2D eigenvalue weighted by Crippen LogP contribution is 2.09. The van der Waals surface area contributed by atoms with Gasteiger partial charge in [0.1, 0.15) is 0 Å². The summed E-state index contributed by atoms with van der Waals surface area (Å²) < 4.78 is 0. The Morgan fingerprint density at radius 2 is 2.27 bits per heavy atom. The summed E-state index contributed by atoms with van der Waals surface area (Å²) >= 11 is 1.75. The van der Waals surface area contributed by atoms with Crippen LogP contribution in [0.25, 0.3) is 0 Å². The summed E-state index contributed by atoms with van der Waals surface area (Å²) in [5.74, 6) is 0.555. The fourth-order valence-electron chi connectivity index (χ4n) is 1.56. The summed E-state index contributed by atoms with van der Waals surface area (Å²) in [6.45, 7) is 5.66. The average Bonchev–Trinajstić information content (AvgIpc) is 2.68. The molecule has 1 aromatic heterocycles. The molecule has 2 N–H and O–H groups in total. The molecule has 0 fully saturated rings. The zero-order valence-electron chi connectivity index (χ0n) is 9.57. The average molecular weight is 227 g/mol. The summed E-state index contributed by atoms with van der Waals surface area (Å²) in [5, 5.41) is 16.6. The molecule has 15 heavy (non-hydrogen) atoms. The molecule has 3 heteroatoms. The molecular formula is C12H21NOS. The Balaban J connectivity index is 2.16. The van der Waals surface area contributed by atoms with Crippen molar-refractivity contribution in [1.82, 2.24) is 5.32 Å². The Hall–Kier alpha value is -0.380. The zero-order chi connectivity index (χ0) is 11.1. The maximum absolute atomic E-state index is 8.78. The minimum absolute atomic E-state index is 0.293. The van der Waals surface area contributed by atoms with E-state index in [-0.39, 0.29) is 0 Å². The van der Waals surface area contributed by atoms with Gasteiger partial charge in [-0.2, -0.15) is 11.3 Å². The fraction of sp³-hybridized carbons (Fsp3) is 0.667. The van der Waals surface area contributed by atoms with Crippen LogP contribution in [-0.4, -0.2) is 24.3 Å². The Kier molecular flexibility index (Phi) is 5.91. The maximum Gasteiger partial charge on any atom is 0.0434 e.